The topological polar surface area (TPSA) is 56.9 Å². The van der Waals surface area contributed by atoms with Gasteiger partial charge in [0.15, 0.2) is 0 Å². The largest absolute Gasteiger partial charge is 0.396 e. The van der Waals surface area contributed by atoms with Crippen molar-refractivity contribution in [3.05, 3.63) is 64.9 Å². The number of nitriles is 1. The molecule has 0 aliphatic heterocycles. The van der Waals surface area contributed by atoms with Crippen LogP contribution in [0.2, 0.25) is 5.02 Å². The van der Waals surface area contributed by atoms with Gasteiger partial charge >= 0.3 is 0 Å². The third-order valence-electron chi connectivity index (χ3n) is 3.27. The molecular weight excluding hydrogens is 272 g/mol. The van der Waals surface area contributed by atoms with Crippen molar-refractivity contribution in [1.82, 2.24) is 4.98 Å². The van der Waals surface area contributed by atoms with E-state index in [-0.39, 0.29) is 18.4 Å². The Kier molecular flexibility index (Phi) is 5.11. The molecule has 2 aromatic rings. The molecule has 0 aliphatic carbocycles. The molecule has 0 fully saturated rings. The number of nitrogens with zero attached hydrogens (tertiary/aromatic N) is 2. The fourth-order valence-electron chi connectivity index (χ4n) is 2.29. The highest BCUT2D eigenvalue weighted by Crippen LogP contribution is 2.34. The van der Waals surface area contributed by atoms with Gasteiger partial charge in [0.05, 0.1) is 17.0 Å². The van der Waals surface area contributed by atoms with Crippen LogP contribution >= 0.6 is 11.6 Å². The Morgan fingerprint density at radius 1 is 1.20 bits per heavy atom. The molecule has 0 amide bonds. The fraction of sp³-hybridized carbons (Fsp3) is 0.250. The highest BCUT2D eigenvalue weighted by Gasteiger charge is 2.25. The molecule has 1 N–H and O–H groups in total. The predicted octanol–water partition coefficient (Wildman–Crippen LogP) is 3.51. The van der Waals surface area contributed by atoms with E-state index < -0.39 is 0 Å². The quantitative estimate of drug-likeness (QED) is 0.915. The van der Waals surface area contributed by atoms with E-state index in [0.29, 0.717) is 11.4 Å². The van der Waals surface area contributed by atoms with Gasteiger partial charge in [-0.25, -0.2) is 0 Å². The Morgan fingerprint density at radius 2 is 1.95 bits per heavy atom. The first-order valence-corrected chi connectivity index (χ1v) is 6.81. The van der Waals surface area contributed by atoms with Crippen molar-refractivity contribution in [2.75, 3.05) is 6.61 Å². The lowest BCUT2D eigenvalue weighted by Crippen LogP contribution is -2.13. The maximum Gasteiger partial charge on any atom is 0.0797 e. The number of hydrogen-bond acceptors (Lipinski definition) is 3. The van der Waals surface area contributed by atoms with Crippen molar-refractivity contribution in [2.24, 2.45) is 0 Å². The Bertz CT molecular complexity index is 578. The van der Waals surface area contributed by atoms with Gasteiger partial charge in [-0.05, 0) is 24.1 Å². The molecule has 102 valence electrons. The number of benzene rings is 1. The van der Waals surface area contributed by atoms with E-state index in [2.05, 4.69) is 11.1 Å². The van der Waals surface area contributed by atoms with E-state index in [4.69, 9.17) is 11.6 Å². The van der Waals surface area contributed by atoms with Gasteiger partial charge in [-0.1, -0.05) is 41.9 Å². The lowest BCUT2D eigenvalue weighted by atomic mass is 9.82. The average Bonchev–Trinajstić information content (AvgIpc) is 2.49. The summed E-state index contributed by atoms with van der Waals surface area (Å²) >= 11 is 5.85. The average molecular weight is 287 g/mol. The molecule has 1 aromatic carbocycles. The van der Waals surface area contributed by atoms with Crippen LogP contribution in [0.25, 0.3) is 0 Å². The highest BCUT2D eigenvalue weighted by molar-refractivity contribution is 6.30. The zero-order valence-corrected chi connectivity index (χ0v) is 11.7. The Balaban J connectivity index is 2.36. The Morgan fingerprint density at radius 3 is 2.50 bits per heavy atom. The summed E-state index contributed by atoms with van der Waals surface area (Å²) in [5.74, 6) is -0.485. The zero-order chi connectivity index (χ0) is 14.4. The number of aromatic nitrogens is 1. The summed E-state index contributed by atoms with van der Waals surface area (Å²) in [4.78, 5) is 4.30. The van der Waals surface area contributed by atoms with E-state index >= 15 is 0 Å². The first-order chi connectivity index (χ1) is 9.76. The van der Waals surface area contributed by atoms with Crippen molar-refractivity contribution in [3.63, 3.8) is 0 Å². The summed E-state index contributed by atoms with van der Waals surface area (Å²) < 4.78 is 0. The second-order valence-electron chi connectivity index (χ2n) is 4.54. The van der Waals surface area contributed by atoms with Crippen LogP contribution in [0.3, 0.4) is 0 Å². The van der Waals surface area contributed by atoms with Gasteiger partial charge < -0.3 is 5.11 Å². The summed E-state index contributed by atoms with van der Waals surface area (Å²) in [6.45, 7) is 0.0139. The molecule has 0 spiro atoms. The Hall–Kier alpha value is -1.89. The number of hydrogen-bond donors (Lipinski definition) is 1. The number of pyridine rings is 1. The zero-order valence-electron chi connectivity index (χ0n) is 10.9. The van der Waals surface area contributed by atoms with Crippen molar-refractivity contribution in [3.8, 4) is 6.07 Å². The van der Waals surface area contributed by atoms with Gasteiger partial charge in [0.2, 0.25) is 0 Å². The van der Waals surface area contributed by atoms with Crippen molar-refractivity contribution in [2.45, 2.75) is 18.3 Å². The van der Waals surface area contributed by atoms with E-state index in [1.165, 1.54) is 0 Å². The molecule has 1 aromatic heterocycles. The van der Waals surface area contributed by atoms with Crippen LogP contribution in [0.15, 0.2) is 48.7 Å². The normalized spacial score (nSPS) is 13.4. The maximum atomic E-state index is 9.51. The standard InChI is InChI=1S/C16H15ClN2O/c17-13-6-7-16(19-11-13)14(8-9-20)15(10-18)12-4-2-1-3-5-12/h1-7,11,14-15,20H,8-9H2/t14-,15+/m0/s1. The number of halogens is 1. The Labute approximate surface area is 123 Å². The van der Waals surface area contributed by atoms with Crippen LogP contribution in [0.5, 0.6) is 0 Å². The second-order valence-corrected chi connectivity index (χ2v) is 4.97. The van der Waals surface area contributed by atoms with Gasteiger partial charge in [0, 0.05) is 24.4 Å². The SMILES string of the molecule is N#C[C@H](c1ccccc1)[C@H](CCO)c1ccc(Cl)cn1. The van der Waals surface area contributed by atoms with Crippen LogP contribution in [0.4, 0.5) is 0 Å². The molecule has 1 heterocycles. The number of rotatable bonds is 5. The molecule has 0 saturated carbocycles. The predicted molar refractivity (Wildman–Crippen MR) is 78.5 cm³/mol. The molecule has 0 unspecified atom stereocenters. The summed E-state index contributed by atoms with van der Waals surface area (Å²) in [6.07, 6.45) is 2.06. The van der Waals surface area contributed by atoms with Gasteiger partial charge in [0.1, 0.15) is 0 Å². The van der Waals surface area contributed by atoms with Gasteiger partial charge in [-0.2, -0.15) is 5.26 Å². The minimum absolute atomic E-state index is 0.0139. The molecule has 3 nitrogen and oxygen atoms in total. The number of aliphatic hydroxyl groups excluding tert-OH is 1. The first-order valence-electron chi connectivity index (χ1n) is 6.43. The van der Waals surface area contributed by atoms with Crippen LogP contribution < -0.4 is 0 Å². The molecule has 0 bridgehead atoms. The maximum absolute atomic E-state index is 9.51. The third-order valence-corrected chi connectivity index (χ3v) is 3.49. The number of aliphatic hydroxyl groups is 1. The van der Waals surface area contributed by atoms with Crippen molar-refractivity contribution >= 4 is 11.6 Å². The summed E-state index contributed by atoms with van der Waals surface area (Å²) in [6, 6.07) is 15.5. The minimum atomic E-state index is -0.336. The van der Waals surface area contributed by atoms with Gasteiger partial charge in [-0.15, -0.1) is 0 Å². The van der Waals surface area contributed by atoms with Crippen molar-refractivity contribution < 1.29 is 5.11 Å². The fourth-order valence-corrected chi connectivity index (χ4v) is 2.40. The summed E-state index contributed by atoms with van der Waals surface area (Å²) in [5.41, 5.74) is 1.71. The molecule has 0 aliphatic rings. The minimum Gasteiger partial charge on any atom is -0.396 e. The molecule has 0 saturated heterocycles. The molecule has 2 atom stereocenters. The molecule has 20 heavy (non-hydrogen) atoms. The van der Waals surface area contributed by atoms with Crippen molar-refractivity contribution in [1.29, 1.82) is 5.26 Å². The molecule has 0 radical (unpaired) electrons. The van der Waals surface area contributed by atoms with E-state index in [9.17, 15) is 10.4 Å². The van der Waals surface area contributed by atoms with Crippen LogP contribution in [-0.2, 0) is 0 Å². The second kappa shape index (κ2) is 7.04. The van der Waals surface area contributed by atoms with E-state index in [1.54, 1.807) is 12.3 Å². The van der Waals surface area contributed by atoms with E-state index in [1.807, 2.05) is 36.4 Å². The summed E-state index contributed by atoms with van der Waals surface area (Å²) in [5, 5.41) is 19.3. The lowest BCUT2D eigenvalue weighted by molar-refractivity contribution is 0.271. The van der Waals surface area contributed by atoms with Crippen LogP contribution in [-0.4, -0.2) is 16.7 Å². The van der Waals surface area contributed by atoms with E-state index in [0.717, 1.165) is 11.3 Å². The van der Waals surface area contributed by atoms with Gasteiger partial charge in [0.25, 0.3) is 0 Å². The first kappa shape index (κ1) is 14.5. The molecule has 4 heteroatoms. The van der Waals surface area contributed by atoms with Crippen LogP contribution in [0, 0.1) is 11.3 Å². The van der Waals surface area contributed by atoms with Gasteiger partial charge in [-0.3, -0.25) is 4.98 Å². The monoisotopic (exact) mass is 286 g/mol. The lowest BCUT2D eigenvalue weighted by Gasteiger charge is -2.21. The molecular formula is C16H15ClN2O. The highest BCUT2D eigenvalue weighted by atomic mass is 35.5. The van der Waals surface area contributed by atoms with Crippen LogP contribution in [0.1, 0.15) is 29.5 Å². The molecule has 2 rings (SSSR count). The third kappa shape index (κ3) is 3.36. The summed E-state index contributed by atoms with van der Waals surface area (Å²) in [7, 11) is 0. The smallest absolute Gasteiger partial charge is 0.0797 e.